The van der Waals surface area contributed by atoms with Crippen molar-refractivity contribution in [1.82, 2.24) is 0 Å². The smallest absolute Gasteiger partial charge is 0.141 e. The molecule has 1 unspecified atom stereocenters. The second-order valence-electron chi connectivity index (χ2n) is 4.93. The third-order valence-electron chi connectivity index (χ3n) is 3.38. The molecule has 0 radical (unpaired) electrons. The molecule has 3 N–H and O–H groups in total. The van der Waals surface area contributed by atoms with E-state index in [-0.39, 0.29) is 17.4 Å². The Bertz CT molecular complexity index is 610. The first-order valence-corrected chi connectivity index (χ1v) is 7.36. The molecular formula is C16H18O4S. The van der Waals surface area contributed by atoms with Crippen LogP contribution in [0.25, 0.3) is 0 Å². The van der Waals surface area contributed by atoms with Crippen molar-refractivity contribution in [2.75, 3.05) is 6.61 Å². The van der Waals surface area contributed by atoms with Crippen molar-refractivity contribution >= 4 is 12.0 Å². The summed E-state index contributed by atoms with van der Waals surface area (Å²) in [6.07, 6.45) is 0. The molecule has 2 aromatic carbocycles. The Kier molecular flexibility index (Phi) is 4.98. The molecule has 1 atom stereocenters. The number of hydrogen-bond acceptors (Lipinski definition) is 5. The van der Waals surface area contributed by atoms with Crippen LogP contribution in [0, 0.1) is 6.92 Å². The van der Waals surface area contributed by atoms with Gasteiger partial charge in [0.1, 0.15) is 17.2 Å². The van der Waals surface area contributed by atoms with Gasteiger partial charge in [0.2, 0.25) is 0 Å². The summed E-state index contributed by atoms with van der Waals surface area (Å²) in [4.78, 5) is 0.572. The predicted octanol–water partition coefficient (Wildman–Crippen LogP) is 4.15. The summed E-state index contributed by atoms with van der Waals surface area (Å²) in [6.45, 7) is 4.16. The molecule has 0 aliphatic heterocycles. The summed E-state index contributed by atoms with van der Waals surface area (Å²) in [5.41, 5.74) is 1.65. The van der Waals surface area contributed by atoms with Crippen LogP contribution < -0.4 is 4.74 Å². The summed E-state index contributed by atoms with van der Waals surface area (Å²) in [5.74, 6) is 0.978. The zero-order chi connectivity index (χ0) is 15.4. The molecule has 0 spiro atoms. The van der Waals surface area contributed by atoms with E-state index in [0.29, 0.717) is 34.9 Å². The van der Waals surface area contributed by atoms with Crippen molar-refractivity contribution in [1.29, 1.82) is 0 Å². The Labute approximate surface area is 128 Å². The van der Waals surface area contributed by atoms with Crippen LogP contribution >= 0.6 is 12.0 Å². The first kappa shape index (κ1) is 15.5. The molecule has 0 fully saturated rings. The average molecular weight is 306 g/mol. The summed E-state index contributed by atoms with van der Waals surface area (Å²) in [5, 5.41) is 19.0. The predicted molar refractivity (Wildman–Crippen MR) is 83.3 cm³/mol. The molecular weight excluding hydrogens is 288 g/mol. The van der Waals surface area contributed by atoms with Gasteiger partial charge in [0.15, 0.2) is 0 Å². The first-order chi connectivity index (χ1) is 10.0. The van der Waals surface area contributed by atoms with Gasteiger partial charge in [-0.2, -0.15) is 0 Å². The van der Waals surface area contributed by atoms with Crippen molar-refractivity contribution in [3.8, 4) is 17.2 Å². The highest BCUT2D eigenvalue weighted by molar-refractivity contribution is 7.93. The second-order valence-corrected chi connectivity index (χ2v) is 5.55. The monoisotopic (exact) mass is 306 g/mol. The summed E-state index contributed by atoms with van der Waals surface area (Å²) in [6, 6.07) is 10.1. The number of rotatable bonds is 5. The van der Waals surface area contributed by atoms with Crippen LogP contribution in [0.1, 0.15) is 24.0 Å². The van der Waals surface area contributed by atoms with Crippen molar-refractivity contribution in [2.24, 2.45) is 0 Å². The summed E-state index contributed by atoms with van der Waals surface area (Å²) < 4.78 is 15.1. The lowest BCUT2D eigenvalue weighted by Gasteiger charge is -2.17. The van der Waals surface area contributed by atoms with Crippen LogP contribution in [0.2, 0.25) is 0 Å². The minimum atomic E-state index is 0.115. The SMILES string of the molecule is Cc1c(O)ccc(SO)c1OCC(C)c1ccc(O)cc1. The molecule has 2 rings (SSSR count). The molecule has 0 saturated carbocycles. The zero-order valence-corrected chi connectivity index (χ0v) is 12.7. The Morgan fingerprint density at radius 2 is 1.76 bits per heavy atom. The Hall–Kier alpha value is -1.85. The van der Waals surface area contributed by atoms with E-state index < -0.39 is 0 Å². The number of hydrogen-bond donors (Lipinski definition) is 3. The minimum absolute atomic E-state index is 0.115. The third-order valence-corrected chi connectivity index (χ3v) is 3.90. The quantitative estimate of drug-likeness (QED) is 0.724. The maximum atomic E-state index is 9.73. The Morgan fingerprint density at radius 1 is 1.10 bits per heavy atom. The third kappa shape index (κ3) is 3.62. The normalized spacial score (nSPS) is 12.1. The number of benzene rings is 2. The van der Waals surface area contributed by atoms with Gasteiger partial charge in [-0.05, 0) is 36.8 Å². The Balaban J connectivity index is 2.12. The van der Waals surface area contributed by atoms with Gasteiger partial charge in [-0.25, -0.2) is 0 Å². The number of phenolic OH excluding ortho intramolecular Hbond substituents is 2. The maximum absolute atomic E-state index is 9.73. The van der Waals surface area contributed by atoms with Crippen LogP contribution in [0.3, 0.4) is 0 Å². The molecule has 0 aliphatic rings. The molecule has 21 heavy (non-hydrogen) atoms. The fourth-order valence-electron chi connectivity index (χ4n) is 2.02. The Morgan fingerprint density at radius 3 is 2.38 bits per heavy atom. The fourth-order valence-corrected chi connectivity index (χ4v) is 2.44. The molecule has 2 aromatic rings. The van der Waals surface area contributed by atoms with Gasteiger partial charge < -0.3 is 19.5 Å². The first-order valence-electron chi connectivity index (χ1n) is 6.58. The van der Waals surface area contributed by atoms with E-state index in [4.69, 9.17) is 4.74 Å². The largest absolute Gasteiger partial charge is 0.508 e. The average Bonchev–Trinajstić information content (AvgIpc) is 2.49. The zero-order valence-electron chi connectivity index (χ0n) is 11.9. The molecule has 112 valence electrons. The van der Waals surface area contributed by atoms with Crippen LogP contribution in [-0.2, 0) is 0 Å². The van der Waals surface area contributed by atoms with E-state index in [0.717, 1.165) is 5.56 Å². The molecule has 5 heteroatoms. The molecule has 0 bridgehead atoms. The van der Waals surface area contributed by atoms with Crippen LogP contribution in [-0.4, -0.2) is 21.4 Å². The van der Waals surface area contributed by atoms with E-state index in [2.05, 4.69) is 0 Å². The van der Waals surface area contributed by atoms with Gasteiger partial charge in [-0.3, -0.25) is 0 Å². The lowest BCUT2D eigenvalue weighted by Crippen LogP contribution is -2.08. The maximum Gasteiger partial charge on any atom is 0.141 e. The van der Waals surface area contributed by atoms with Gasteiger partial charge >= 0.3 is 0 Å². The highest BCUT2D eigenvalue weighted by Gasteiger charge is 2.14. The van der Waals surface area contributed by atoms with Gasteiger partial charge in [0.05, 0.1) is 11.5 Å². The highest BCUT2D eigenvalue weighted by Crippen LogP contribution is 2.36. The van der Waals surface area contributed by atoms with Crippen molar-refractivity contribution in [3.05, 3.63) is 47.5 Å². The topological polar surface area (TPSA) is 69.9 Å². The highest BCUT2D eigenvalue weighted by atomic mass is 32.2. The molecule has 0 saturated heterocycles. The van der Waals surface area contributed by atoms with E-state index >= 15 is 0 Å². The molecule has 0 aromatic heterocycles. The fraction of sp³-hybridized carbons (Fsp3) is 0.250. The van der Waals surface area contributed by atoms with Crippen LogP contribution in [0.5, 0.6) is 17.2 Å². The number of phenols is 2. The van der Waals surface area contributed by atoms with Gasteiger partial charge in [0.25, 0.3) is 0 Å². The summed E-state index contributed by atoms with van der Waals surface area (Å²) >= 11 is 0.599. The van der Waals surface area contributed by atoms with E-state index in [1.54, 1.807) is 25.1 Å². The molecule has 0 heterocycles. The van der Waals surface area contributed by atoms with Crippen LogP contribution in [0.4, 0.5) is 0 Å². The molecule has 4 nitrogen and oxygen atoms in total. The second kappa shape index (κ2) is 6.74. The van der Waals surface area contributed by atoms with Gasteiger partial charge in [0, 0.05) is 23.5 Å². The summed E-state index contributed by atoms with van der Waals surface area (Å²) in [7, 11) is 0. The standard InChI is InChI=1S/C16H18O4S/c1-10(12-3-5-13(17)6-4-12)9-20-16-11(2)14(18)7-8-15(16)21-19/h3-8,10,17-19H,9H2,1-2H3. The molecule has 0 amide bonds. The van der Waals surface area contributed by atoms with Gasteiger partial charge in [-0.15, -0.1) is 0 Å². The van der Waals surface area contributed by atoms with E-state index in [9.17, 15) is 14.8 Å². The van der Waals surface area contributed by atoms with Crippen molar-refractivity contribution < 1.29 is 19.5 Å². The minimum Gasteiger partial charge on any atom is -0.508 e. The lowest BCUT2D eigenvalue weighted by molar-refractivity contribution is 0.285. The number of ether oxygens (including phenoxy) is 1. The van der Waals surface area contributed by atoms with Crippen molar-refractivity contribution in [3.63, 3.8) is 0 Å². The van der Waals surface area contributed by atoms with Crippen molar-refractivity contribution in [2.45, 2.75) is 24.7 Å². The van der Waals surface area contributed by atoms with E-state index in [1.165, 1.54) is 6.07 Å². The van der Waals surface area contributed by atoms with Gasteiger partial charge in [-0.1, -0.05) is 19.1 Å². The molecule has 0 aliphatic carbocycles. The van der Waals surface area contributed by atoms with E-state index in [1.807, 2.05) is 19.1 Å². The van der Waals surface area contributed by atoms with Crippen LogP contribution in [0.15, 0.2) is 41.3 Å². The lowest BCUT2D eigenvalue weighted by atomic mass is 10.0. The number of aromatic hydroxyl groups is 2.